The maximum Gasteiger partial charge on any atom is 0.573 e. The molecule has 212 valence electrons. The van der Waals surface area contributed by atoms with Gasteiger partial charge in [-0.3, -0.25) is 0 Å². The van der Waals surface area contributed by atoms with E-state index >= 15 is 0 Å². The van der Waals surface area contributed by atoms with Crippen molar-refractivity contribution in [1.82, 2.24) is 5.16 Å². The number of aromatic nitrogens is 1. The first-order valence-corrected chi connectivity index (χ1v) is 13.8. The molecule has 0 amide bonds. The molecule has 3 fully saturated rings. The van der Waals surface area contributed by atoms with Crippen molar-refractivity contribution in [3.63, 3.8) is 0 Å². The van der Waals surface area contributed by atoms with E-state index in [0.717, 1.165) is 44.2 Å². The van der Waals surface area contributed by atoms with Crippen molar-refractivity contribution in [2.45, 2.75) is 82.5 Å². The molecule has 6 rings (SSSR count). The molecule has 0 N–H and O–H groups in total. The van der Waals surface area contributed by atoms with Crippen molar-refractivity contribution in [1.29, 1.82) is 0 Å². The minimum atomic E-state index is -4.82. The summed E-state index contributed by atoms with van der Waals surface area (Å²) < 4.78 is 60.7. The molecule has 2 aliphatic heterocycles. The Labute approximate surface area is 230 Å². The van der Waals surface area contributed by atoms with Gasteiger partial charge in [-0.25, -0.2) is 4.79 Å². The van der Waals surface area contributed by atoms with Crippen LogP contribution in [0.25, 0.3) is 11.3 Å². The van der Waals surface area contributed by atoms with Crippen LogP contribution in [0.3, 0.4) is 0 Å². The summed E-state index contributed by atoms with van der Waals surface area (Å²) in [6.45, 7) is 2.34. The average molecular weight is 557 g/mol. The third-order valence-electron chi connectivity index (χ3n) is 7.96. The van der Waals surface area contributed by atoms with Crippen LogP contribution >= 0.6 is 0 Å². The van der Waals surface area contributed by atoms with Gasteiger partial charge in [0.05, 0.1) is 24.9 Å². The lowest BCUT2D eigenvalue weighted by molar-refractivity contribution is -0.274. The minimum Gasteiger partial charge on any atom is -0.462 e. The Morgan fingerprint density at radius 2 is 1.73 bits per heavy atom. The van der Waals surface area contributed by atoms with Crippen LogP contribution in [0.1, 0.15) is 73.0 Å². The number of rotatable bonds is 9. The molecule has 0 spiro atoms. The van der Waals surface area contributed by atoms with Gasteiger partial charge in [0.1, 0.15) is 17.2 Å². The molecule has 3 heterocycles. The number of ether oxygens (including phenoxy) is 3. The SMILES string of the molecule is CCOC(=O)c1ccc(N2C3CCC2CC(OCc2c(-c4ccccc4OC(F)(F)F)noc2C2CC2)C3)cc1. The van der Waals surface area contributed by atoms with Gasteiger partial charge >= 0.3 is 12.3 Å². The van der Waals surface area contributed by atoms with Crippen molar-refractivity contribution >= 4 is 11.7 Å². The Bertz CT molecular complexity index is 1340. The normalized spacial score (nSPS) is 22.4. The average Bonchev–Trinajstić information content (AvgIpc) is 3.63. The fourth-order valence-corrected chi connectivity index (χ4v) is 6.09. The molecule has 3 aromatic rings. The maximum atomic E-state index is 13.1. The van der Waals surface area contributed by atoms with Gasteiger partial charge in [0, 0.05) is 34.8 Å². The molecular weight excluding hydrogens is 525 g/mol. The fourth-order valence-electron chi connectivity index (χ4n) is 6.09. The molecule has 1 aliphatic carbocycles. The summed E-state index contributed by atoms with van der Waals surface area (Å²) in [6.07, 6.45) is 0.883. The number of alkyl halides is 3. The third-order valence-corrected chi connectivity index (χ3v) is 7.96. The van der Waals surface area contributed by atoms with E-state index < -0.39 is 6.36 Å². The Morgan fingerprint density at radius 1 is 1.02 bits per heavy atom. The number of esters is 1. The Kier molecular flexibility index (Phi) is 7.20. The van der Waals surface area contributed by atoms with E-state index in [1.54, 1.807) is 19.1 Å². The van der Waals surface area contributed by atoms with E-state index in [9.17, 15) is 18.0 Å². The van der Waals surface area contributed by atoms with Gasteiger partial charge in [-0.15, -0.1) is 13.2 Å². The second kappa shape index (κ2) is 10.8. The van der Waals surface area contributed by atoms with Crippen molar-refractivity contribution in [3.8, 4) is 17.0 Å². The Hall–Kier alpha value is -3.53. The van der Waals surface area contributed by atoms with E-state index in [-0.39, 0.29) is 35.9 Å². The van der Waals surface area contributed by atoms with Crippen molar-refractivity contribution < 1.29 is 36.7 Å². The highest BCUT2D eigenvalue weighted by Crippen LogP contribution is 2.46. The summed E-state index contributed by atoms with van der Waals surface area (Å²) in [6, 6.07) is 14.2. The molecule has 2 bridgehead atoms. The molecule has 40 heavy (non-hydrogen) atoms. The first-order valence-electron chi connectivity index (χ1n) is 13.8. The molecule has 1 aromatic heterocycles. The van der Waals surface area contributed by atoms with Crippen LogP contribution in [0.15, 0.2) is 53.1 Å². The van der Waals surface area contributed by atoms with Crippen LogP contribution in [0, 0.1) is 0 Å². The number of anilines is 1. The van der Waals surface area contributed by atoms with Gasteiger partial charge in [0.15, 0.2) is 0 Å². The number of hydrogen-bond acceptors (Lipinski definition) is 7. The van der Waals surface area contributed by atoms with E-state index in [1.165, 1.54) is 12.1 Å². The number of halogens is 3. The molecule has 3 aliphatic rings. The van der Waals surface area contributed by atoms with E-state index in [2.05, 4.69) is 14.8 Å². The van der Waals surface area contributed by atoms with Crippen molar-refractivity contribution in [3.05, 3.63) is 65.4 Å². The molecule has 1 saturated carbocycles. The number of carbonyl (C=O) groups is 1. The van der Waals surface area contributed by atoms with Crippen LogP contribution in [-0.4, -0.2) is 42.3 Å². The number of carbonyl (C=O) groups excluding carboxylic acids is 1. The van der Waals surface area contributed by atoms with Crippen LogP contribution in [0.5, 0.6) is 5.75 Å². The molecule has 10 heteroatoms. The topological polar surface area (TPSA) is 74.0 Å². The van der Waals surface area contributed by atoms with Crippen LogP contribution in [0.2, 0.25) is 0 Å². The lowest BCUT2D eigenvalue weighted by Gasteiger charge is -2.40. The van der Waals surface area contributed by atoms with E-state index in [0.29, 0.717) is 41.3 Å². The second-order valence-corrected chi connectivity index (χ2v) is 10.7. The molecule has 7 nitrogen and oxygen atoms in total. The maximum absolute atomic E-state index is 13.1. The third kappa shape index (κ3) is 5.54. The highest BCUT2D eigenvalue weighted by atomic mass is 19.4. The lowest BCUT2D eigenvalue weighted by Crippen LogP contribution is -2.45. The summed E-state index contributed by atoms with van der Waals surface area (Å²) in [5.74, 6) is 0.271. The van der Waals surface area contributed by atoms with Crippen LogP contribution in [-0.2, 0) is 16.1 Å². The van der Waals surface area contributed by atoms with Crippen molar-refractivity contribution in [2.75, 3.05) is 11.5 Å². The molecular formula is C30H31F3N2O5. The van der Waals surface area contributed by atoms with Gasteiger partial charge in [-0.1, -0.05) is 17.3 Å². The smallest absolute Gasteiger partial charge is 0.462 e. The zero-order valence-electron chi connectivity index (χ0n) is 22.2. The molecule has 2 aromatic carbocycles. The minimum absolute atomic E-state index is 0.00373. The van der Waals surface area contributed by atoms with Gasteiger partial charge in [-0.05, 0) is 81.8 Å². The van der Waals surface area contributed by atoms with Gasteiger partial charge in [0.2, 0.25) is 0 Å². The predicted molar refractivity (Wildman–Crippen MR) is 140 cm³/mol. The standard InChI is InChI=1S/C30H31F3N2O5/c1-2-37-29(36)19-9-11-20(12-10-19)35-21-13-14-22(35)16-23(15-21)38-17-25-27(34-40-28(25)18-7-8-18)24-5-3-4-6-26(24)39-30(31,32)33/h3-6,9-12,18,21-23H,2,7-8,13-17H2,1H3. The van der Waals surface area contributed by atoms with Crippen LogP contribution in [0.4, 0.5) is 18.9 Å². The van der Waals surface area contributed by atoms with Gasteiger partial charge < -0.3 is 23.6 Å². The number of hydrogen-bond donors (Lipinski definition) is 0. The fraction of sp³-hybridized carbons (Fsp3) is 0.467. The zero-order valence-corrected chi connectivity index (χ0v) is 22.2. The second-order valence-electron chi connectivity index (χ2n) is 10.7. The number of benzene rings is 2. The Morgan fingerprint density at radius 3 is 2.38 bits per heavy atom. The zero-order chi connectivity index (χ0) is 27.9. The largest absolute Gasteiger partial charge is 0.573 e. The van der Waals surface area contributed by atoms with Crippen LogP contribution < -0.4 is 9.64 Å². The quantitative estimate of drug-likeness (QED) is 0.263. The van der Waals surface area contributed by atoms with Gasteiger partial charge in [-0.2, -0.15) is 0 Å². The summed E-state index contributed by atoms with van der Waals surface area (Å²) in [7, 11) is 0. The first kappa shape index (κ1) is 26.7. The number of fused-ring (bicyclic) bond motifs is 2. The first-order chi connectivity index (χ1) is 19.3. The summed E-state index contributed by atoms with van der Waals surface area (Å²) >= 11 is 0. The molecule has 2 atom stereocenters. The molecule has 2 unspecified atom stereocenters. The van der Waals surface area contributed by atoms with E-state index in [1.807, 2.05) is 24.3 Å². The molecule has 2 saturated heterocycles. The summed E-state index contributed by atoms with van der Waals surface area (Å²) in [4.78, 5) is 14.5. The van der Waals surface area contributed by atoms with Gasteiger partial charge in [0.25, 0.3) is 0 Å². The van der Waals surface area contributed by atoms with Crippen molar-refractivity contribution in [2.24, 2.45) is 0 Å². The number of para-hydroxylation sites is 1. The summed E-state index contributed by atoms with van der Waals surface area (Å²) in [5.41, 5.74) is 2.89. The van der Waals surface area contributed by atoms with E-state index in [4.69, 9.17) is 14.0 Å². The predicted octanol–water partition coefficient (Wildman–Crippen LogP) is 7.01. The summed E-state index contributed by atoms with van der Waals surface area (Å²) in [5, 5.41) is 4.18. The molecule has 0 radical (unpaired) electrons. The Balaban J connectivity index is 1.17. The number of piperidine rings is 1. The lowest BCUT2D eigenvalue weighted by atomic mass is 9.98. The highest BCUT2D eigenvalue weighted by Gasteiger charge is 2.42. The number of nitrogens with zero attached hydrogens (tertiary/aromatic N) is 2. The monoisotopic (exact) mass is 556 g/mol. The highest BCUT2D eigenvalue weighted by molar-refractivity contribution is 5.89.